The molecule has 0 bridgehead atoms. The van der Waals surface area contributed by atoms with Crippen LogP contribution in [0.4, 0.5) is 0 Å². The summed E-state index contributed by atoms with van der Waals surface area (Å²) in [6.45, 7) is 0. The Morgan fingerprint density at radius 1 is 0.867 bits per heavy atom. The lowest BCUT2D eigenvalue weighted by Gasteiger charge is -1.88. The van der Waals surface area contributed by atoms with Crippen LogP contribution < -0.4 is 0 Å². The summed E-state index contributed by atoms with van der Waals surface area (Å²) in [6, 6.07) is 8.57. The second kappa shape index (κ2) is 3.89. The molecule has 0 aliphatic carbocycles. The van der Waals surface area contributed by atoms with Gasteiger partial charge in [0.05, 0.1) is 4.88 Å². The highest BCUT2D eigenvalue weighted by Crippen LogP contribution is 2.36. The molecule has 0 aromatic carbocycles. The second-order valence-corrected chi connectivity index (χ2v) is 5.90. The molecule has 3 heterocycles. The van der Waals surface area contributed by atoms with Crippen molar-refractivity contribution in [3.05, 3.63) is 41.2 Å². The number of hydrogen-bond donors (Lipinski definition) is 0. The Bertz CT molecular complexity index is 485. The van der Waals surface area contributed by atoms with E-state index in [1.807, 2.05) is 11.6 Å². The molecule has 0 saturated carbocycles. The highest BCUT2D eigenvalue weighted by Gasteiger charge is 2.06. The Morgan fingerprint density at radius 3 is 2.53 bits per heavy atom. The average molecular weight is 249 g/mol. The lowest BCUT2D eigenvalue weighted by molar-refractivity contribution is 1.43. The van der Waals surface area contributed by atoms with Crippen LogP contribution in [0.15, 0.2) is 41.2 Å². The third-order valence-electron chi connectivity index (χ3n) is 2.01. The fourth-order valence-electron chi connectivity index (χ4n) is 1.35. The molecule has 3 aromatic rings. The molecule has 0 saturated heterocycles. The largest absolute Gasteiger partial charge is 0.244 e. The van der Waals surface area contributed by atoms with Crippen LogP contribution in [0.3, 0.4) is 0 Å². The van der Waals surface area contributed by atoms with E-state index in [9.17, 15) is 0 Å². The van der Waals surface area contributed by atoms with Crippen LogP contribution in [0.1, 0.15) is 0 Å². The van der Waals surface area contributed by atoms with Crippen molar-refractivity contribution in [1.82, 2.24) is 4.98 Å². The van der Waals surface area contributed by atoms with E-state index in [1.54, 1.807) is 34.0 Å². The minimum absolute atomic E-state index is 1.11. The summed E-state index contributed by atoms with van der Waals surface area (Å²) in [5.74, 6) is 0. The summed E-state index contributed by atoms with van der Waals surface area (Å²) < 4.78 is 0. The van der Waals surface area contributed by atoms with E-state index < -0.39 is 0 Å². The Balaban J connectivity index is 2.02. The SMILES string of the molecule is c1csc(-c2ccc(-c3nccs3)s2)c1. The van der Waals surface area contributed by atoms with Crippen LogP contribution in [0, 0.1) is 0 Å². The summed E-state index contributed by atoms with van der Waals surface area (Å²) in [7, 11) is 0. The van der Waals surface area contributed by atoms with Gasteiger partial charge in [-0.2, -0.15) is 0 Å². The summed E-state index contributed by atoms with van der Waals surface area (Å²) in [4.78, 5) is 8.24. The normalized spacial score (nSPS) is 10.7. The summed E-state index contributed by atoms with van der Waals surface area (Å²) >= 11 is 5.28. The average Bonchev–Trinajstić information content (AvgIpc) is 3.02. The van der Waals surface area contributed by atoms with Crippen molar-refractivity contribution >= 4 is 34.0 Å². The number of nitrogens with zero attached hydrogens (tertiary/aromatic N) is 1. The van der Waals surface area contributed by atoms with Crippen LogP contribution in [0.25, 0.3) is 19.6 Å². The standard InChI is InChI=1S/C11H7NS3/c1-2-8(13-6-1)9-3-4-10(15-9)11-12-5-7-14-11/h1-7H. The number of aromatic nitrogens is 1. The quantitative estimate of drug-likeness (QED) is 0.647. The highest BCUT2D eigenvalue weighted by molar-refractivity contribution is 7.25. The number of thiazole rings is 1. The fraction of sp³-hybridized carbons (Fsp3) is 0. The van der Waals surface area contributed by atoms with E-state index in [0.29, 0.717) is 0 Å². The smallest absolute Gasteiger partial charge is 0.133 e. The molecular weight excluding hydrogens is 242 g/mol. The molecule has 0 fully saturated rings. The molecule has 1 nitrogen and oxygen atoms in total. The Kier molecular flexibility index (Phi) is 2.40. The van der Waals surface area contributed by atoms with Gasteiger partial charge in [0.2, 0.25) is 0 Å². The first kappa shape index (κ1) is 9.27. The first-order chi connectivity index (χ1) is 7.43. The van der Waals surface area contributed by atoms with Gasteiger partial charge in [-0.25, -0.2) is 4.98 Å². The van der Waals surface area contributed by atoms with Crippen LogP contribution in [0.5, 0.6) is 0 Å². The molecule has 3 rings (SSSR count). The minimum atomic E-state index is 1.11. The zero-order valence-corrected chi connectivity index (χ0v) is 10.2. The van der Waals surface area contributed by atoms with Gasteiger partial charge in [-0.3, -0.25) is 0 Å². The van der Waals surface area contributed by atoms with Crippen molar-refractivity contribution in [3.63, 3.8) is 0 Å². The Morgan fingerprint density at radius 2 is 1.80 bits per heavy atom. The molecule has 0 atom stereocenters. The monoisotopic (exact) mass is 249 g/mol. The Hall–Kier alpha value is -0.970. The fourth-order valence-corrected chi connectivity index (χ4v) is 3.91. The van der Waals surface area contributed by atoms with Gasteiger partial charge < -0.3 is 0 Å². The van der Waals surface area contributed by atoms with Gasteiger partial charge >= 0.3 is 0 Å². The lowest BCUT2D eigenvalue weighted by atomic mass is 10.4. The molecule has 0 spiro atoms. The highest BCUT2D eigenvalue weighted by atomic mass is 32.1. The van der Waals surface area contributed by atoms with Gasteiger partial charge in [0, 0.05) is 21.3 Å². The van der Waals surface area contributed by atoms with Gasteiger partial charge in [0.1, 0.15) is 5.01 Å². The molecule has 0 aliphatic rings. The zero-order chi connectivity index (χ0) is 10.1. The molecule has 0 aliphatic heterocycles. The predicted molar refractivity (Wildman–Crippen MR) is 68.7 cm³/mol. The molecular formula is C11H7NS3. The van der Waals surface area contributed by atoms with E-state index in [4.69, 9.17) is 0 Å². The molecule has 4 heteroatoms. The van der Waals surface area contributed by atoms with Crippen LogP contribution in [-0.4, -0.2) is 4.98 Å². The van der Waals surface area contributed by atoms with Crippen LogP contribution in [-0.2, 0) is 0 Å². The number of rotatable bonds is 2. The molecule has 15 heavy (non-hydrogen) atoms. The lowest BCUT2D eigenvalue weighted by Crippen LogP contribution is -1.63. The van der Waals surface area contributed by atoms with Gasteiger partial charge in [-0.1, -0.05) is 6.07 Å². The van der Waals surface area contributed by atoms with Crippen molar-refractivity contribution in [3.8, 4) is 19.6 Å². The Labute approximate surface area is 99.7 Å². The van der Waals surface area contributed by atoms with Crippen molar-refractivity contribution in [2.75, 3.05) is 0 Å². The van der Waals surface area contributed by atoms with E-state index in [1.165, 1.54) is 14.6 Å². The van der Waals surface area contributed by atoms with E-state index >= 15 is 0 Å². The minimum Gasteiger partial charge on any atom is -0.244 e. The van der Waals surface area contributed by atoms with Crippen molar-refractivity contribution in [2.45, 2.75) is 0 Å². The maximum atomic E-state index is 4.31. The molecule has 0 radical (unpaired) electrons. The number of thiophene rings is 2. The van der Waals surface area contributed by atoms with Crippen molar-refractivity contribution in [2.24, 2.45) is 0 Å². The molecule has 0 N–H and O–H groups in total. The predicted octanol–water partition coefficient (Wildman–Crippen LogP) is 4.60. The maximum absolute atomic E-state index is 4.31. The van der Waals surface area contributed by atoms with Crippen molar-refractivity contribution in [1.29, 1.82) is 0 Å². The van der Waals surface area contributed by atoms with Crippen LogP contribution in [0.2, 0.25) is 0 Å². The van der Waals surface area contributed by atoms with E-state index in [-0.39, 0.29) is 0 Å². The summed E-state index contributed by atoms with van der Waals surface area (Å²) in [5.41, 5.74) is 0. The first-order valence-corrected chi connectivity index (χ1v) is 7.04. The van der Waals surface area contributed by atoms with Gasteiger partial charge in [-0.05, 0) is 23.6 Å². The van der Waals surface area contributed by atoms with Crippen LogP contribution >= 0.6 is 34.0 Å². The zero-order valence-electron chi connectivity index (χ0n) is 7.71. The summed E-state index contributed by atoms with van der Waals surface area (Å²) in [5, 5.41) is 5.24. The third-order valence-corrected chi connectivity index (χ3v) is 5.11. The summed E-state index contributed by atoms with van der Waals surface area (Å²) in [6.07, 6.45) is 1.85. The molecule has 0 amide bonds. The van der Waals surface area contributed by atoms with E-state index in [2.05, 4.69) is 34.6 Å². The molecule has 0 unspecified atom stereocenters. The van der Waals surface area contributed by atoms with Gasteiger partial charge in [0.25, 0.3) is 0 Å². The van der Waals surface area contributed by atoms with Gasteiger partial charge in [-0.15, -0.1) is 34.0 Å². The van der Waals surface area contributed by atoms with E-state index in [0.717, 1.165) is 5.01 Å². The topological polar surface area (TPSA) is 12.9 Å². The first-order valence-electron chi connectivity index (χ1n) is 4.47. The van der Waals surface area contributed by atoms with Gasteiger partial charge in [0.15, 0.2) is 0 Å². The molecule has 74 valence electrons. The maximum Gasteiger partial charge on any atom is 0.133 e. The number of hydrogen-bond acceptors (Lipinski definition) is 4. The molecule has 3 aromatic heterocycles. The second-order valence-electron chi connectivity index (χ2n) is 2.98. The third kappa shape index (κ3) is 1.76. The van der Waals surface area contributed by atoms with Crippen molar-refractivity contribution < 1.29 is 0 Å².